The number of rotatable bonds is 8. The van der Waals surface area contributed by atoms with E-state index in [1.54, 1.807) is 7.11 Å². The first-order valence-electron chi connectivity index (χ1n) is 8.01. The Morgan fingerprint density at radius 1 is 1.33 bits per heavy atom. The van der Waals surface area contributed by atoms with Crippen LogP contribution in [-0.4, -0.2) is 39.6 Å². The van der Waals surface area contributed by atoms with Crippen molar-refractivity contribution in [2.75, 3.05) is 12.9 Å². The van der Waals surface area contributed by atoms with Crippen molar-refractivity contribution in [1.82, 2.24) is 20.1 Å². The number of amides is 1. The number of thioether (sulfide) groups is 1. The molecule has 0 aliphatic rings. The van der Waals surface area contributed by atoms with Gasteiger partial charge in [-0.15, -0.1) is 10.2 Å². The third-order valence-electron chi connectivity index (χ3n) is 3.64. The molecule has 0 saturated carbocycles. The Hall–Kier alpha value is -2.02. The maximum Gasteiger partial charge on any atom is 0.230 e. The SMILES string of the molecule is CCC[C@H](C)NC(=O)CSc1nnc(-c2ccc(OC)cc2)n1C. The molecule has 24 heavy (non-hydrogen) atoms. The summed E-state index contributed by atoms with van der Waals surface area (Å²) in [4.78, 5) is 12.0. The maximum absolute atomic E-state index is 12.0. The number of ether oxygens (including phenoxy) is 1. The van der Waals surface area contributed by atoms with E-state index in [4.69, 9.17) is 4.74 Å². The highest BCUT2D eigenvalue weighted by Gasteiger charge is 2.14. The van der Waals surface area contributed by atoms with Gasteiger partial charge in [0.2, 0.25) is 5.91 Å². The highest BCUT2D eigenvalue weighted by atomic mass is 32.2. The lowest BCUT2D eigenvalue weighted by atomic mass is 10.2. The Morgan fingerprint density at radius 3 is 2.67 bits per heavy atom. The molecule has 2 rings (SSSR count). The molecule has 0 aliphatic carbocycles. The van der Waals surface area contributed by atoms with Gasteiger partial charge in [0, 0.05) is 18.7 Å². The number of hydrogen-bond donors (Lipinski definition) is 1. The molecule has 0 fully saturated rings. The Bertz CT molecular complexity index is 670. The minimum atomic E-state index is 0.0231. The van der Waals surface area contributed by atoms with E-state index in [2.05, 4.69) is 22.4 Å². The Balaban J connectivity index is 1.98. The van der Waals surface area contributed by atoms with E-state index < -0.39 is 0 Å². The molecule has 1 aromatic carbocycles. The largest absolute Gasteiger partial charge is 0.497 e. The summed E-state index contributed by atoms with van der Waals surface area (Å²) in [5, 5.41) is 12.1. The summed E-state index contributed by atoms with van der Waals surface area (Å²) >= 11 is 1.39. The first-order valence-corrected chi connectivity index (χ1v) is 8.99. The second kappa shape index (κ2) is 8.73. The topological polar surface area (TPSA) is 69.0 Å². The van der Waals surface area contributed by atoms with Gasteiger partial charge in [-0.25, -0.2) is 0 Å². The Kier molecular flexibility index (Phi) is 6.66. The van der Waals surface area contributed by atoms with Crippen LogP contribution in [-0.2, 0) is 11.8 Å². The quantitative estimate of drug-likeness (QED) is 0.743. The number of nitrogens with zero attached hydrogens (tertiary/aromatic N) is 3. The fourth-order valence-electron chi connectivity index (χ4n) is 2.38. The van der Waals surface area contributed by atoms with Crippen molar-refractivity contribution in [1.29, 1.82) is 0 Å². The van der Waals surface area contributed by atoms with E-state index in [9.17, 15) is 4.79 Å². The normalized spacial score (nSPS) is 12.0. The van der Waals surface area contributed by atoms with Gasteiger partial charge in [-0.05, 0) is 37.6 Å². The summed E-state index contributed by atoms with van der Waals surface area (Å²) in [6.07, 6.45) is 2.05. The van der Waals surface area contributed by atoms with E-state index in [1.165, 1.54) is 11.8 Å². The number of nitrogens with one attached hydrogen (secondary N) is 1. The predicted octanol–water partition coefficient (Wildman–Crippen LogP) is 2.89. The number of aromatic nitrogens is 3. The molecule has 1 heterocycles. The highest BCUT2D eigenvalue weighted by Crippen LogP contribution is 2.24. The molecule has 2 aromatic rings. The molecule has 7 heteroatoms. The third kappa shape index (κ3) is 4.74. The molecule has 1 aromatic heterocycles. The zero-order valence-electron chi connectivity index (χ0n) is 14.6. The van der Waals surface area contributed by atoms with Crippen LogP contribution >= 0.6 is 11.8 Å². The van der Waals surface area contributed by atoms with Crippen LogP contribution < -0.4 is 10.1 Å². The minimum Gasteiger partial charge on any atom is -0.497 e. The molecular weight excluding hydrogens is 324 g/mol. The number of methoxy groups -OCH3 is 1. The third-order valence-corrected chi connectivity index (χ3v) is 4.66. The van der Waals surface area contributed by atoms with Gasteiger partial charge < -0.3 is 14.6 Å². The monoisotopic (exact) mass is 348 g/mol. The van der Waals surface area contributed by atoms with Crippen LogP contribution in [0.25, 0.3) is 11.4 Å². The predicted molar refractivity (Wildman–Crippen MR) is 96.2 cm³/mol. The molecule has 6 nitrogen and oxygen atoms in total. The molecule has 0 aliphatic heterocycles. The van der Waals surface area contributed by atoms with E-state index in [0.717, 1.165) is 35.1 Å². The van der Waals surface area contributed by atoms with Crippen LogP contribution in [0.5, 0.6) is 5.75 Å². The van der Waals surface area contributed by atoms with Crippen LogP contribution in [0.1, 0.15) is 26.7 Å². The van der Waals surface area contributed by atoms with E-state index in [1.807, 2.05) is 42.8 Å². The van der Waals surface area contributed by atoms with Gasteiger partial charge in [-0.2, -0.15) is 0 Å². The maximum atomic E-state index is 12.0. The van der Waals surface area contributed by atoms with E-state index in [0.29, 0.717) is 5.75 Å². The average molecular weight is 348 g/mol. The lowest BCUT2D eigenvalue weighted by molar-refractivity contribution is -0.119. The van der Waals surface area contributed by atoms with Crippen molar-refractivity contribution in [3.05, 3.63) is 24.3 Å². The Labute approximate surface area is 147 Å². The fourth-order valence-corrected chi connectivity index (χ4v) is 3.11. The van der Waals surface area contributed by atoms with Gasteiger partial charge in [0.25, 0.3) is 0 Å². The molecule has 0 spiro atoms. The average Bonchev–Trinajstić information content (AvgIpc) is 2.94. The van der Waals surface area contributed by atoms with Gasteiger partial charge in [-0.1, -0.05) is 25.1 Å². The summed E-state index contributed by atoms with van der Waals surface area (Å²) in [7, 11) is 3.54. The van der Waals surface area contributed by atoms with E-state index in [-0.39, 0.29) is 11.9 Å². The summed E-state index contributed by atoms with van der Waals surface area (Å²) in [6, 6.07) is 7.86. The van der Waals surface area contributed by atoms with Crippen LogP contribution in [0.15, 0.2) is 29.4 Å². The van der Waals surface area contributed by atoms with Crippen molar-refractivity contribution in [3.63, 3.8) is 0 Å². The number of carbonyl (C=O) groups excluding carboxylic acids is 1. The van der Waals surface area contributed by atoms with Gasteiger partial charge >= 0.3 is 0 Å². The van der Waals surface area contributed by atoms with Crippen molar-refractivity contribution in [2.45, 2.75) is 37.9 Å². The van der Waals surface area contributed by atoms with Gasteiger partial charge in [0.05, 0.1) is 12.9 Å². The number of carbonyl (C=O) groups is 1. The van der Waals surface area contributed by atoms with E-state index >= 15 is 0 Å². The lowest BCUT2D eigenvalue weighted by Crippen LogP contribution is -2.33. The Morgan fingerprint density at radius 2 is 2.04 bits per heavy atom. The first-order chi connectivity index (χ1) is 11.5. The number of benzene rings is 1. The molecule has 1 atom stereocenters. The highest BCUT2D eigenvalue weighted by molar-refractivity contribution is 7.99. The minimum absolute atomic E-state index is 0.0231. The fraction of sp³-hybridized carbons (Fsp3) is 0.471. The smallest absolute Gasteiger partial charge is 0.230 e. The number of hydrogen-bond acceptors (Lipinski definition) is 5. The van der Waals surface area contributed by atoms with Crippen LogP contribution in [0.4, 0.5) is 0 Å². The lowest BCUT2D eigenvalue weighted by Gasteiger charge is -2.12. The first kappa shape index (κ1) is 18.3. The summed E-state index contributed by atoms with van der Waals surface area (Å²) in [5.41, 5.74) is 0.957. The van der Waals surface area contributed by atoms with Crippen LogP contribution in [0, 0.1) is 0 Å². The molecule has 0 bridgehead atoms. The van der Waals surface area contributed by atoms with Crippen molar-refractivity contribution in [3.8, 4) is 17.1 Å². The molecule has 0 unspecified atom stereocenters. The molecule has 1 amide bonds. The summed E-state index contributed by atoms with van der Waals surface area (Å²) in [6.45, 7) is 4.13. The zero-order chi connectivity index (χ0) is 17.5. The molecule has 0 saturated heterocycles. The van der Waals surface area contributed by atoms with Crippen molar-refractivity contribution >= 4 is 17.7 Å². The summed E-state index contributed by atoms with van der Waals surface area (Å²) < 4.78 is 7.06. The summed E-state index contributed by atoms with van der Waals surface area (Å²) in [5.74, 6) is 1.92. The second-order valence-electron chi connectivity index (χ2n) is 5.64. The molecule has 1 N–H and O–H groups in total. The zero-order valence-corrected chi connectivity index (χ0v) is 15.4. The van der Waals surface area contributed by atoms with Crippen LogP contribution in [0.2, 0.25) is 0 Å². The second-order valence-corrected chi connectivity index (χ2v) is 6.58. The molecule has 0 radical (unpaired) electrons. The van der Waals surface area contributed by atoms with Gasteiger partial charge in [-0.3, -0.25) is 4.79 Å². The standard InChI is InChI=1S/C17H24N4O2S/c1-5-6-12(2)18-15(22)11-24-17-20-19-16(21(17)3)13-7-9-14(23-4)10-8-13/h7-10,12H,5-6,11H2,1-4H3,(H,18,22)/t12-/m0/s1. The van der Waals surface area contributed by atoms with Crippen molar-refractivity contribution < 1.29 is 9.53 Å². The van der Waals surface area contributed by atoms with Gasteiger partial charge in [0.15, 0.2) is 11.0 Å². The van der Waals surface area contributed by atoms with Crippen LogP contribution in [0.3, 0.4) is 0 Å². The molecule has 130 valence electrons. The molecular formula is C17H24N4O2S. The van der Waals surface area contributed by atoms with Crippen molar-refractivity contribution in [2.24, 2.45) is 7.05 Å². The van der Waals surface area contributed by atoms with Gasteiger partial charge in [0.1, 0.15) is 5.75 Å².